The number of carbonyl (C=O) groups excluding carboxylic acids is 1. The first kappa shape index (κ1) is 23.4. The first-order chi connectivity index (χ1) is 17.4. The molecule has 0 aliphatic heterocycles. The third-order valence-corrected chi connectivity index (χ3v) is 6.48. The van der Waals surface area contributed by atoms with Gasteiger partial charge in [0, 0.05) is 33.6 Å². The van der Waals surface area contributed by atoms with Crippen LogP contribution in [0.15, 0.2) is 60.9 Å². The normalized spacial score (nSPS) is 10.7. The average Bonchev–Trinajstić information content (AvgIpc) is 3.30. The second-order valence-corrected chi connectivity index (χ2v) is 9.18. The first-order valence-corrected chi connectivity index (χ1v) is 11.9. The maximum atomic E-state index is 13.3. The molecular weight excluding hydrogens is 496 g/mol. The highest BCUT2D eigenvalue weighted by Crippen LogP contribution is 2.35. The zero-order valence-electron chi connectivity index (χ0n) is 19.1. The Labute approximate surface area is 215 Å². The van der Waals surface area contributed by atoms with Crippen molar-refractivity contribution in [3.63, 3.8) is 0 Å². The Morgan fingerprint density at radius 1 is 1.06 bits per heavy atom. The Morgan fingerprint density at radius 2 is 1.86 bits per heavy atom. The van der Waals surface area contributed by atoms with Gasteiger partial charge < -0.3 is 4.74 Å². The molecule has 0 aliphatic carbocycles. The Hall–Kier alpha value is -4.39. The molecule has 3 heterocycles. The number of rotatable bonds is 5. The van der Waals surface area contributed by atoms with Gasteiger partial charge in [0.25, 0.3) is 5.91 Å². The summed E-state index contributed by atoms with van der Waals surface area (Å²) < 4.78 is 5.49. The van der Waals surface area contributed by atoms with Crippen molar-refractivity contribution < 1.29 is 9.53 Å². The van der Waals surface area contributed by atoms with E-state index in [1.807, 2.05) is 25.1 Å². The van der Waals surface area contributed by atoms with E-state index in [-0.39, 0.29) is 5.91 Å². The maximum Gasteiger partial charge on any atom is 0.259 e. The van der Waals surface area contributed by atoms with Crippen LogP contribution in [0.3, 0.4) is 0 Å². The number of hydrogen-bond acceptors (Lipinski definition) is 8. The number of methoxy groups -OCH3 is 1. The Bertz CT molecular complexity index is 1660. The average molecular weight is 513 g/mol. The molecule has 0 saturated carbocycles. The highest BCUT2D eigenvalue weighted by Gasteiger charge is 2.19. The number of amides is 1. The van der Waals surface area contributed by atoms with E-state index in [9.17, 15) is 4.79 Å². The van der Waals surface area contributed by atoms with Crippen molar-refractivity contribution in [1.29, 1.82) is 5.26 Å². The van der Waals surface area contributed by atoms with Crippen molar-refractivity contribution in [2.45, 2.75) is 6.92 Å². The predicted molar refractivity (Wildman–Crippen MR) is 139 cm³/mol. The number of thiazole rings is 1. The van der Waals surface area contributed by atoms with Crippen LogP contribution in [0.5, 0.6) is 5.75 Å². The molecule has 1 amide bonds. The molecule has 2 aromatic carbocycles. The number of aromatic nitrogens is 4. The highest BCUT2D eigenvalue weighted by molar-refractivity contribution is 7.21. The topological polar surface area (TPSA) is 114 Å². The Kier molecular flexibility index (Phi) is 6.29. The molecule has 0 unspecified atom stereocenters. The van der Waals surface area contributed by atoms with Gasteiger partial charge in [-0.3, -0.25) is 15.1 Å². The van der Waals surface area contributed by atoms with Gasteiger partial charge in [0.2, 0.25) is 0 Å². The Balaban J connectivity index is 1.47. The summed E-state index contributed by atoms with van der Waals surface area (Å²) >= 11 is 7.45. The van der Waals surface area contributed by atoms with Crippen molar-refractivity contribution in [1.82, 2.24) is 19.9 Å². The minimum Gasteiger partial charge on any atom is -0.496 e. The summed E-state index contributed by atoms with van der Waals surface area (Å²) in [6.45, 7) is 1.85. The lowest BCUT2D eigenvalue weighted by Gasteiger charge is -2.13. The molecule has 0 radical (unpaired) electrons. The predicted octanol–water partition coefficient (Wildman–Crippen LogP) is 5.91. The van der Waals surface area contributed by atoms with Crippen LogP contribution in [0.1, 0.15) is 21.6 Å². The van der Waals surface area contributed by atoms with Crippen molar-refractivity contribution in [2.75, 3.05) is 12.4 Å². The molecule has 8 nitrogen and oxygen atoms in total. The van der Waals surface area contributed by atoms with E-state index in [0.717, 1.165) is 11.3 Å². The molecule has 10 heteroatoms. The number of pyridine rings is 1. The second-order valence-electron chi connectivity index (χ2n) is 7.76. The fourth-order valence-electron chi connectivity index (χ4n) is 3.65. The number of aryl methyl sites for hydroxylation is 1. The lowest BCUT2D eigenvalue weighted by atomic mass is 9.99. The molecule has 1 N–H and O–H groups in total. The van der Waals surface area contributed by atoms with E-state index in [4.69, 9.17) is 21.6 Å². The summed E-state index contributed by atoms with van der Waals surface area (Å²) in [5.41, 5.74) is 4.87. The van der Waals surface area contributed by atoms with Crippen molar-refractivity contribution in [2.24, 2.45) is 0 Å². The molecule has 5 rings (SSSR count). The van der Waals surface area contributed by atoms with Crippen LogP contribution in [0.2, 0.25) is 5.02 Å². The van der Waals surface area contributed by atoms with Crippen LogP contribution in [0.4, 0.5) is 5.13 Å². The zero-order valence-corrected chi connectivity index (χ0v) is 20.7. The SMILES string of the molecule is COc1ccc(Cl)cc1-c1cc(C)ncc1C(=O)Nc1nc2ncc(-c3ccc(C#N)cc3)nc2s1. The van der Waals surface area contributed by atoms with Gasteiger partial charge in [-0.05, 0) is 43.3 Å². The van der Waals surface area contributed by atoms with Gasteiger partial charge in [0.05, 0.1) is 36.2 Å². The molecule has 176 valence electrons. The molecule has 0 spiro atoms. The molecular formula is C26H17ClN6O2S. The van der Waals surface area contributed by atoms with Crippen molar-refractivity contribution in [3.05, 3.63) is 82.8 Å². The van der Waals surface area contributed by atoms with Crippen molar-refractivity contribution >= 4 is 44.5 Å². The molecule has 36 heavy (non-hydrogen) atoms. The molecule has 5 aromatic rings. The molecule has 3 aromatic heterocycles. The summed E-state index contributed by atoms with van der Waals surface area (Å²) in [6, 6.07) is 16.2. The van der Waals surface area contributed by atoms with Gasteiger partial charge >= 0.3 is 0 Å². The van der Waals surface area contributed by atoms with E-state index >= 15 is 0 Å². The quantitative estimate of drug-likeness (QED) is 0.311. The number of ether oxygens (including phenoxy) is 1. The summed E-state index contributed by atoms with van der Waals surface area (Å²) in [4.78, 5) is 31.6. The van der Waals surface area contributed by atoms with Crippen LogP contribution >= 0.6 is 22.9 Å². The standard InChI is InChI=1S/C26H17ClN6O2S/c1-14-9-18(19-10-17(27)7-8-22(19)35-2)20(12-29-14)24(34)33-26-32-23-25(36-26)31-21(13-30-23)16-5-3-15(11-28)4-6-16/h3-10,12-13H,1-2H3,(H,30,32,33,34). The number of halogens is 1. The van der Waals surface area contributed by atoms with Crippen LogP contribution in [0, 0.1) is 18.3 Å². The molecule has 0 saturated heterocycles. The number of fused-ring (bicyclic) bond motifs is 1. The van der Waals surface area contributed by atoms with Gasteiger partial charge in [-0.2, -0.15) is 10.2 Å². The number of benzene rings is 2. The third kappa shape index (κ3) is 4.60. The number of hydrogen-bond donors (Lipinski definition) is 1. The third-order valence-electron chi connectivity index (χ3n) is 5.39. The molecule has 0 fully saturated rings. The second kappa shape index (κ2) is 9.70. The zero-order chi connectivity index (χ0) is 25.2. The lowest BCUT2D eigenvalue weighted by molar-refractivity contribution is 0.102. The number of anilines is 1. The molecule has 0 bridgehead atoms. The van der Waals surface area contributed by atoms with E-state index in [1.54, 1.807) is 43.6 Å². The first-order valence-electron chi connectivity index (χ1n) is 10.7. The minimum atomic E-state index is -0.383. The minimum absolute atomic E-state index is 0.347. The number of nitriles is 1. The van der Waals surface area contributed by atoms with Gasteiger partial charge in [-0.25, -0.2) is 9.97 Å². The smallest absolute Gasteiger partial charge is 0.259 e. The maximum absolute atomic E-state index is 13.3. The van der Waals surface area contributed by atoms with E-state index in [0.29, 0.717) is 54.3 Å². The lowest BCUT2D eigenvalue weighted by Crippen LogP contribution is -2.14. The van der Waals surface area contributed by atoms with Crippen LogP contribution < -0.4 is 10.1 Å². The highest BCUT2D eigenvalue weighted by atomic mass is 35.5. The fourth-order valence-corrected chi connectivity index (χ4v) is 4.61. The molecule has 0 aliphatic rings. The van der Waals surface area contributed by atoms with Gasteiger partial charge in [0.15, 0.2) is 15.6 Å². The Morgan fingerprint density at radius 3 is 2.61 bits per heavy atom. The summed E-state index contributed by atoms with van der Waals surface area (Å²) in [6.07, 6.45) is 3.13. The number of nitrogens with zero attached hydrogens (tertiary/aromatic N) is 5. The monoisotopic (exact) mass is 512 g/mol. The van der Waals surface area contributed by atoms with Gasteiger partial charge in [-0.15, -0.1) is 0 Å². The van der Waals surface area contributed by atoms with E-state index in [1.165, 1.54) is 17.5 Å². The largest absolute Gasteiger partial charge is 0.496 e. The fraction of sp³-hybridized carbons (Fsp3) is 0.0769. The van der Waals surface area contributed by atoms with Crippen LogP contribution in [-0.4, -0.2) is 33.0 Å². The number of nitrogens with one attached hydrogen (secondary N) is 1. The summed E-state index contributed by atoms with van der Waals surface area (Å²) in [7, 11) is 1.56. The van der Waals surface area contributed by atoms with E-state index < -0.39 is 0 Å². The number of carbonyl (C=O) groups is 1. The molecule has 0 atom stereocenters. The van der Waals surface area contributed by atoms with Crippen LogP contribution in [0.25, 0.3) is 32.9 Å². The van der Waals surface area contributed by atoms with Crippen molar-refractivity contribution in [3.8, 4) is 34.2 Å². The van der Waals surface area contributed by atoms with Gasteiger partial charge in [0.1, 0.15) is 5.75 Å². The van der Waals surface area contributed by atoms with Crippen LogP contribution in [-0.2, 0) is 0 Å². The van der Waals surface area contributed by atoms with Gasteiger partial charge in [-0.1, -0.05) is 35.1 Å². The summed E-state index contributed by atoms with van der Waals surface area (Å²) in [5.74, 6) is 0.202. The summed E-state index contributed by atoms with van der Waals surface area (Å²) in [5, 5.41) is 12.7. The van der Waals surface area contributed by atoms with E-state index in [2.05, 4.69) is 31.3 Å².